The largest absolute Gasteiger partial charge is 0.481 e. The zero-order valence-electron chi connectivity index (χ0n) is 11.9. The van der Waals surface area contributed by atoms with Crippen molar-refractivity contribution in [3.8, 4) is 5.75 Å². The van der Waals surface area contributed by atoms with Gasteiger partial charge in [-0.15, -0.1) is 0 Å². The van der Waals surface area contributed by atoms with E-state index in [0.717, 1.165) is 19.5 Å². The molecule has 2 N–H and O–H groups in total. The number of halogens is 1. The monoisotopic (exact) mass is 296 g/mol. The van der Waals surface area contributed by atoms with E-state index in [4.69, 9.17) is 22.1 Å². The molecular weight excluding hydrogens is 276 g/mol. The van der Waals surface area contributed by atoms with Crippen molar-refractivity contribution in [1.82, 2.24) is 4.90 Å². The van der Waals surface area contributed by atoms with E-state index in [1.807, 2.05) is 11.8 Å². The highest BCUT2D eigenvalue weighted by atomic mass is 35.5. The Hall–Kier alpha value is -1.26. The van der Waals surface area contributed by atoms with Gasteiger partial charge in [-0.1, -0.05) is 17.7 Å². The summed E-state index contributed by atoms with van der Waals surface area (Å²) in [4.78, 5) is 14.2. The van der Waals surface area contributed by atoms with Crippen molar-refractivity contribution in [3.05, 3.63) is 29.3 Å². The lowest BCUT2D eigenvalue weighted by Gasteiger charge is -2.22. The molecule has 1 aromatic carbocycles. The van der Waals surface area contributed by atoms with Crippen LogP contribution in [0, 0.1) is 5.92 Å². The second-order valence-electron chi connectivity index (χ2n) is 5.41. The molecule has 4 nitrogen and oxygen atoms in total. The summed E-state index contributed by atoms with van der Waals surface area (Å²) in [6.45, 7) is 5.24. The Bertz CT molecular complexity index is 479. The third-order valence-corrected chi connectivity index (χ3v) is 3.97. The van der Waals surface area contributed by atoms with Gasteiger partial charge in [0.2, 0.25) is 0 Å². The molecule has 1 aliphatic rings. The van der Waals surface area contributed by atoms with E-state index in [1.54, 1.807) is 31.2 Å². The van der Waals surface area contributed by atoms with Crippen molar-refractivity contribution in [2.24, 2.45) is 11.7 Å². The van der Waals surface area contributed by atoms with Crippen molar-refractivity contribution in [1.29, 1.82) is 0 Å². The normalized spacial score (nSPS) is 21.6. The van der Waals surface area contributed by atoms with Crippen LogP contribution in [-0.2, 0) is 4.79 Å². The standard InChI is InChI=1S/C15H21ClN2O2/c1-10(17)12-6-7-18(9-12)15(19)11(2)20-14-5-3-4-13(16)8-14/h3-5,8,10-12H,6-7,9,17H2,1-2H3. The second kappa shape index (κ2) is 6.46. The first kappa shape index (κ1) is 15.1. The molecule has 1 fully saturated rings. The summed E-state index contributed by atoms with van der Waals surface area (Å²) >= 11 is 5.90. The smallest absolute Gasteiger partial charge is 0.263 e. The van der Waals surface area contributed by atoms with Gasteiger partial charge in [0.15, 0.2) is 6.10 Å². The number of hydrogen-bond acceptors (Lipinski definition) is 3. The Kier molecular flexibility index (Phi) is 4.89. The third-order valence-electron chi connectivity index (χ3n) is 3.74. The summed E-state index contributed by atoms with van der Waals surface area (Å²) in [6, 6.07) is 7.20. The van der Waals surface area contributed by atoms with Crippen LogP contribution in [0.3, 0.4) is 0 Å². The summed E-state index contributed by atoms with van der Waals surface area (Å²) in [6.07, 6.45) is 0.452. The molecule has 0 aromatic heterocycles. The summed E-state index contributed by atoms with van der Waals surface area (Å²) in [5.41, 5.74) is 5.89. The molecule has 1 saturated heterocycles. The highest BCUT2D eigenvalue weighted by Gasteiger charge is 2.31. The van der Waals surface area contributed by atoms with E-state index < -0.39 is 6.10 Å². The van der Waals surface area contributed by atoms with Crippen molar-refractivity contribution in [2.45, 2.75) is 32.4 Å². The molecule has 1 aromatic rings. The summed E-state index contributed by atoms with van der Waals surface area (Å²) < 4.78 is 5.66. The zero-order chi connectivity index (χ0) is 14.7. The fourth-order valence-electron chi connectivity index (χ4n) is 2.47. The number of nitrogens with zero attached hydrogens (tertiary/aromatic N) is 1. The molecule has 0 spiro atoms. The molecule has 0 aliphatic carbocycles. The third kappa shape index (κ3) is 3.64. The quantitative estimate of drug-likeness (QED) is 0.927. The first-order valence-corrected chi connectivity index (χ1v) is 7.31. The number of carbonyl (C=O) groups is 1. The summed E-state index contributed by atoms with van der Waals surface area (Å²) in [7, 11) is 0. The van der Waals surface area contributed by atoms with E-state index in [0.29, 0.717) is 16.7 Å². The Balaban J connectivity index is 1.93. The maximum Gasteiger partial charge on any atom is 0.263 e. The van der Waals surface area contributed by atoms with Crippen molar-refractivity contribution >= 4 is 17.5 Å². The Morgan fingerprint density at radius 2 is 2.25 bits per heavy atom. The van der Waals surface area contributed by atoms with Gasteiger partial charge in [-0.2, -0.15) is 0 Å². The summed E-state index contributed by atoms with van der Waals surface area (Å²) in [5.74, 6) is 1.01. The van der Waals surface area contributed by atoms with Crippen LogP contribution in [0.2, 0.25) is 5.02 Å². The van der Waals surface area contributed by atoms with E-state index in [9.17, 15) is 4.79 Å². The molecule has 2 rings (SSSR count). The van der Waals surface area contributed by atoms with Gasteiger partial charge in [-0.05, 0) is 44.4 Å². The number of benzene rings is 1. The zero-order valence-corrected chi connectivity index (χ0v) is 12.6. The van der Waals surface area contributed by atoms with Gasteiger partial charge in [-0.3, -0.25) is 4.79 Å². The van der Waals surface area contributed by atoms with Crippen LogP contribution in [0.5, 0.6) is 5.75 Å². The van der Waals surface area contributed by atoms with Crippen LogP contribution in [0.25, 0.3) is 0 Å². The maximum atomic E-state index is 12.3. The number of rotatable bonds is 4. The minimum Gasteiger partial charge on any atom is -0.481 e. The number of nitrogens with two attached hydrogens (primary N) is 1. The van der Waals surface area contributed by atoms with Gasteiger partial charge in [0.05, 0.1) is 0 Å². The molecule has 5 heteroatoms. The first-order valence-electron chi connectivity index (χ1n) is 6.94. The number of likely N-dealkylation sites (tertiary alicyclic amines) is 1. The number of carbonyl (C=O) groups excluding carboxylic acids is 1. The van der Waals surface area contributed by atoms with Crippen molar-refractivity contribution in [2.75, 3.05) is 13.1 Å². The van der Waals surface area contributed by atoms with Gasteiger partial charge >= 0.3 is 0 Å². The van der Waals surface area contributed by atoms with Crippen LogP contribution < -0.4 is 10.5 Å². The second-order valence-corrected chi connectivity index (χ2v) is 5.85. The topological polar surface area (TPSA) is 55.6 Å². The molecular formula is C15H21ClN2O2. The SMILES string of the molecule is CC(Oc1cccc(Cl)c1)C(=O)N1CCC(C(C)N)C1. The Morgan fingerprint density at radius 1 is 1.50 bits per heavy atom. The van der Waals surface area contributed by atoms with E-state index in [1.165, 1.54) is 0 Å². The lowest BCUT2D eigenvalue weighted by atomic mass is 10.0. The van der Waals surface area contributed by atoms with Crippen LogP contribution in [0.1, 0.15) is 20.3 Å². The fourth-order valence-corrected chi connectivity index (χ4v) is 2.65. The van der Waals surface area contributed by atoms with Crippen LogP contribution in [-0.4, -0.2) is 36.0 Å². The average molecular weight is 297 g/mol. The molecule has 0 saturated carbocycles. The molecule has 110 valence electrons. The highest BCUT2D eigenvalue weighted by Crippen LogP contribution is 2.22. The van der Waals surface area contributed by atoms with E-state index in [2.05, 4.69) is 0 Å². The molecule has 3 atom stereocenters. The minimum atomic E-state index is -0.514. The van der Waals surface area contributed by atoms with Crippen molar-refractivity contribution < 1.29 is 9.53 Å². The van der Waals surface area contributed by atoms with Crippen molar-refractivity contribution in [3.63, 3.8) is 0 Å². The lowest BCUT2D eigenvalue weighted by Crippen LogP contribution is -2.40. The molecule has 0 radical (unpaired) electrons. The first-order chi connectivity index (χ1) is 9.47. The van der Waals surface area contributed by atoms with Gasteiger partial charge in [0, 0.05) is 24.2 Å². The Morgan fingerprint density at radius 3 is 2.85 bits per heavy atom. The molecule has 1 amide bonds. The van der Waals surface area contributed by atoms with Crippen LogP contribution >= 0.6 is 11.6 Å². The lowest BCUT2D eigenvalue weighted by molar-refractivity contribution is -0.137. The number of amides is 1. The predicted molar refractivity (Wildman–Crippen MR) is 79.9 cm³/mol. The number of hydrogen-bond donors (Lipinski definition) is 1. The predicted octanol–water partition coefficient (Wildman–Crippen LogP) is 2.30. The van der Waals surface area contributed by atoms with Gasteiger partial charge in [0.1, 0.15) is 5.75 Å². The maximum absolute atomic E-state index is 12.3. The fraction of sp³-hybridized carbons (Fsp3) is 0.533. The average Bonchev–Trinajstić information content (AvgIpc) is 2.87. The van der Waals surface area contributed by atoms with Gasteiger partial charge in [0.25, 0.3) is 5.91 Å². The van der Waals surface area contributed by atoms with Crippen LogP contribution in [0.4, 0.5) is 0 Å². The van der Waals surface area contributed by atoms with E-state index in [-0.39, 0.29) is 11.9 Å². The van der Waals surface area contributed by atoms with Gasteiger partial charge < -0.3 is 15.4 Å². The Labute approximate surface area is 124 Å². The molecule has 20 heavy (non-hydrogen) atoms. The van der Waals surface area contributed by atoms with Crippen LogP contribution in [0.15, 0.2) is 24.3 Å². The minimum absolute atomic E-state index is 0.00752. The van der Waals surface area contributed by atoms with Gasteiger partial charge in [-0.25, -0.2) is 0 Å². The summed E-state index contributed by atoms with van der Waals surface area (Å²) in [5, 5.41) is 0.598. The number of ether oxygens (including phenoxy) is 1. The molecule has 3 unspecified atom stereocenters. The van der Waals surface area contributed by atoms with E-state index >= 15 is 0 Å². The highest BCUT2D eigenvalue weighted by molar-refractivity contribution is 6.30. The molecule has 1 heterocycles. The molecule has 1 aliphatic heterocycles. The molecule has 0 bridgehead atoms.